The second kappa shape index (κ2) is 8.98. The van der Waals surface area contributed by atoms with Gasteiger partial charge in [0.1, 0.15) is 0 Å². The van der Waals surface area contributed by atoms with Gasteiger partial charge in [0, 0.05) is 15.7 Å². The lowest BCUT2D eigenvalue weighted by Crippen LogP contribution is -2.01. The van der Waals surface area contributed by atoms with Crippen LogP contribution in [0.4, 0.5) is 5.69 Å². The molecule has 0 aromatic heterocycles. The summed E-state index contributed by atoms with van der Waals surface area (Å²) in [6.45, 7) is 0. The van der Waals surface area contributed by atoms with Gasteiger partial charge in [-0.2, -0.15) is 0 Å². The lowest BCUT2D eigenvalue weighted by molar-refractivity contribution is 0.596. The van der Waals surface area contributed by atoms with E-state index in [1.807, 2.05) is 0 Å². The molecule has 3 nitrogen and oxygen atoms in total. The highest BCUT2D eigenvalue weighted by molar-refractivity contribution is 7.91. The molecule has 0 atom stereocenters. The minimum atomic E-state index is -3.49. The predicted molar refractivity (Wildman–Crippen MR) is 109 cm³/mol. The number of benzene rings is 3. The van der Waals surface area contributed by atoms with E-state index < -0.39 is 9.84 Å². The summed E-state index contributed by atoms with van der Waals surface area (Å²) in [5, 5.41) is 2.03. The molecule has 0 saturated heterocycles. The number of rotatable bonds is 2. The standard InChI is InChI=1S/C12H8Cl2O2S.C6H5Cl2N/c13-9-1-5-11(6-2-9)17(15,16)12-7-3-10(14)4-8-12;7-5-2-1-4(9)3-6(5)8/h1-8H;1-3H,9H2. The molecule has 136 valence electrons. The van der Waals surface area contributed by atoms with Crippen molar-refractivity contribution in [3.8, 4) is 0 Å². The number of sulfone groups is 1. The fraction of sp³-hybridized carbons (Fsp3) is 0. The zero-order valence-electron chi connectivity index (χ0n) is 13.2. The van der Waals surface area contributed by atoms with Gasteiger partial charge in [-0.3, -0.25) is 0 Å². The Bertz CT molecular complexity index is 937. The minimum absolute atomic E-state index is 0.212. The van der Waals surface area contributed by atoms with Crippen molar-refractivity contribution < 1.29 is 8.42 Å². The quantitative estimate of drug-likeness (QED) is 0.461. The van der Waals surface area contributed by atoms with Crippen LogP contribution in [0.1, 0.15) is 0 Å². The Morgan fingerprint density at radius 1 is 0.615 bits per heavy atom. The van der Waals surface area contributed by atoms with E-state index in [1.165, 1.54) is 24.3 Å². The molecular formula is C18H13Cl4NO2S. The Labute approximate surface area is 172 Å². The average molecular weight is 449 g/mol. The molecule has 0 unspecified atom stereocenters. The molecule has 0 amide bonds. The van der Waals surface area contributed by atoms with Gasteiger partial charge in [0.15, 0.2) is 0 Å². The van der Waals surface area contributed by atoms with Crippen molar-refractivity contribution in [1.29, 1.82) is 0 Å². The molecule has 0 aliphatic carbocycles. The van der Waals surface area contributed by atoms with E-state index in [1.54, 1.807) is 42.5 Å². The second-order valence-electron chi connectivity index (χ2n) is 5.08. The van der Waals surface area contributed by atoms with Crippen molar-refractivity contribution in [3.05, 3.63) is 86.8 Å². The topological polar surface area (TPSA) is 60.2 Å². The Hall–Kier alpha value is -1.43. The van der Waals surface area contributed by atoms with E-state index >= 15 is 0 Å². The Morgan fingerprint density at radius 2 is 1.04 bits per heavy atom. The van der Waals surface area contributed by atoms with E-state index in [2.05, 4.69) is 0 Å². The van der Waals surface area contributed by atoms with Crippen LogP contribution in [0.3, 0.4) is 0 Å². The summed E-state index contributed by atoms with van der Waals surface area (Å²) in [4.78, 5) is 0.424. The molecule has 26 heavy (non-hydrogen) atoms. The summed E-state index contributed by atoms with van der Waals surface area (Å²) >= 11 is 22.6. The van der Waals surface area contributed by atoms with Gasteiger partial charge < -0.3 is 5.73 Å². The van der Waals surface area contributed by atoms with Gasteiger partial charge in [0.05, 0.1) is 19.8 Å². The van der Waals surface area contributed by atoms with Crippen LogP contribution in [0.2, 0.25) is 20.1 Å². The summed E-state index contributed by atoms with van der Waals surface area (Å²) in [5.41, 5.74) is 6.01. The van der Waals surface area contributed by atoms with Gasteiger partial charge in [-0.05, 0) is 66.7 Å². The molecule has 0 aliphatic heterocycles. The molecule has 0 spiro atoms. The van der Waals surface area contributed by atoms with Crippen molar-refractivity contribution >= 4 is 61.9 Å². The van der Waals surface area contributed by atoms with Crippen LogP contribution in [-0.2, 0) is 9.84 Å². The van der Waals surface area contributed by atoms with Gasteiger partial charge in [0.25, 0.3) is 0 Å². The van der Waals surface area contributed by atoms with Crippen LogP contribution in [0.25, 0.3) is 0 Å². The predicted octanol–water partition coefficient (Wildman–Crippen LogP) is 6.40. The number of hydrogen-bond acceptors (Lipinski definition) is 3. The molecule has 0 radical (unpaired) electrons. The van der Waals surface area contributed by atoms with Crippen LogP contribution < -0.4 is 5.73 Å². The molecule has 3 aromatic rings. The maximum Gasteiger partial charge on any atom is 0.206 e. The maximum atomic E-state index is 12.2. The van der Waals surface area contributed by atoms with E-state index in [9.17, 15) is 8.42 Å². The monoisotopic (exact) mass is 447 g/mol. The number of nitrogens with two attached hydrogens (primary N) is 1. The third kappa shape index (κ3) is 5.53. The van der Waals surface area contributed by atoms with Gasteiger partial charge in [-0.25, -0.2) is 8.42 Å². The first-order valence-corrected chi connectivity index (χ1v) is 10.2. The lowest BCUT2D eigenvalue weighted by Gasteiger charge is -2.04. The molecule has 3 aromatic carbocycles. The normalized spacial score (nSPS) is 10.8. The molecule has 0 heterocycles. The molecule has 0 bridgehead atoms. The summed E-state index contributed by atoms with van der Waals surface area (Å²) in [5.74, 6) is 0. The van der Waals surface area contributed by atoms with Crippen LogP contribution in [0.15, 0.2) is 76.5 Å². The molecule has 0 aliphatic rings. The van der Waals surface area contributed by atoms with Crippen molar-refractivity contribution in [1.82, 2.24) is 0 Å². The van der Waals surface area contributed by atoms with Gasteiger partial charge in [-0.15, -0.1) is 0 Å². The highest BCUT2D eigenvalue weighted by Crippen LogP contribution is 2.24. The van der Waals surface area contributed by atoms with Gasteiger partial charge in [-0.1, -0.05) is 46.4 Å². The van der Waals surface area contributed by atoms with Crippen LogP contribution >= 0.6 is 46.4 Å². The zero-order chi connectivity index (χ0) is 19.3. The lowest BCUT2D eigenvalue weighted by atomic mass is 10.3. The van der Waals surface area contributed by atoms with E-state index in [0.717, 1.165) is 0 Å². The Balaban J connectivity index is 0.000000228. The van der Waals surface area contributed by atoms with Crippen molar-refractivity contribution in [2.75, 3.05) is 5.73 Å². The molecule has 2 N–H and O–H groups in total. The Morgan fingerprint density at radius 3 is 1.38 bits per heavy atom. The number of hydrogen-bond donors (Lipinski definition) is 1. The second-order valence-corrected chi connectivity index (χ2v) is 8.72. The highest BCUT2D eigenvalue weighted by atomic mass is 35.5. The molecule has 0 saturated carbocycles. The van der Waals surface area contributed by atoms with E-state index in [4.69, 9.17) is 52.1 Å². The van der Waals surface area contributed by atoms with Crippen molar-refractivity contribution in [2.24, 2.45) is 0 Å². The summed E-state index contributed by atoms with van der Waals surface area (Å²) in [6.07, 6.45) is 0. The summed E-state index contributed by atoms with van der Waals surface area (Å²) < 4.78 is 24.3. The minimum Gasteiger partial charge on any atom is -0.399 e. The van der Waals surface area contributed by atoms with Crippen LogP contribution in [0, 0.1) is 0 Å². The van der Waals surface area contributed by atoms with E-state index in [0.29, 0.717) is 25.8 Å². The molecular weight excluding hydrogens is 436 g/mol. The molecule has 3 rings (SSSR count). The first kappa shape index (κ1) is 20.9. The Kier molecular flexibility index (Phi) is 7.21. The fourth-order valence-corrected chi connectivity index (χ4v) is 3.70. The smallest absolute Gasteiger partial charge is 0.206 e. The first-order chi connectivity index (χ1) is 12.2. The fourth-order valence-electron chi connectivity index (χ4n) is 1.88. The largest absolute Gasteiger partial charge is 0.399 e. The van der Waals surface area contributed by atoms with Crippen molar-refractivity contribution in [3.63, 3.8) is 0 Å². The number of halogens is 4. The maximum absolute atomic E-state index is 12.2. The third-order valence-corrected chi connectivity index (χ3v) is 6.22. The zero-order valence-corrected chi connectivity index (χ0v) is 17.0. The highest BCUT2D eigenvalue weighted by Gasteiger charge is 2.16. The number of anilines is 1. The van der Waals surface area contributed by atoms with Gasteiger partial charge >= 0.3 is 0 Å². The summed E-state index contributed by atoms with van der Waals surface area (Å²) in [6, 6.07) is 17.1. The molecule has 0 fully saturated rings. The average Bonchev–Trinajstić information content (AvgIpc) is 2.60. The summed E-state index contributed by atoms with van der Waals surface area (Å²) in [7, 11) is -3.49. The van der Waals surface area contributed by atoms with Gasteiger partial charge in [0.2, 0.25) is 9.84 Å². The third-order valence-electron chi connectivity index (χ3n) is 3.19. The van der Waals surface area contributed by atoms with Crippen LogP contribution in [-0.4, -0.2) is 8.42 Å². The molecule has 8 heteroatoms. The SMILES string of the molecule is Nc1ccc(Cl)c(Cl)c1.O=S(=O)(c1ccc(Cl)cc1)c1ccc(Cl)cc1. The number of nitrogen functional groups attached to an aromatic ring is 1. The van der Waals surface area contributed by atoms with Crippen LogP contribution in [0.5, 0.6) is 0 Å². The first-order valence-electron chi connectivity index (χ1n) is 7.17. The van der Waals surface area contributed by atoms with E-state index in [-0.39, 0.29) is 9.79 Å². The van der Waals surface area contributed by atoms with Crippen molar-refractivity contribution in [2.45, 2.75) is 9.79 Å².